The second-order valence-corrected chi connectivity index (χ2v) is 8.66. The van der Waals surface area contributed by atoms with Crippen molar-refractivity contribution >= 4 is 5.97 Å². The zero-order valence-corrected chi connectivity index (χ0v) is 17.9. The van der Waals surface area contributed by atoms with Crippen LogP contribution in [0.4, 0.5) is 0 Å². The SMILES string of the molecule is Cc1ccc(Cn2c(C)c(CN[C@@H]3CCC[C@H](C)[C@@H]3C)c(C(=O)O)c2C)cc1. The summed E-state index contributed by atoms with van der Waals surface area (Å²) in [6.07, 6.45) is 3.72. The maximum Gasteiger partial charge on any atom is 0.337 e. The molecule has 1 aromatic heterocycles. The van der Waals surface area contributed by atoms with Crippen LogP contribution >= 0.6 is 0 Å². The number of benzene rings is 1. The molecule has 0 bridgehead atoms. The molecule has 1 fully saturated rings. The number of rotatable bonds is 6. The van der Waals surface area contributed by atoms with E-state index in [1.165, 1.54) is 30.4 Å². The highest BCUT2D eigenvalue weighted by molar-refractivity contribution is 5.91. The molecular formula is C24H34N2O2. The van der Waals surface area contributed by atoms with Crippen molar-refractivity contribution in [2.45, 2.75) is 73.0 Å². The molecule has 3 atom stereocenters. The topological polar surface area (TPSA) is 54.3 Å². The lowest BCUT2D eigenvalue weighted by Crippen LogP contribution is -2.40. The number of carboxylic acids is 1. The Morgan fingerprint density at radius 1 is 1.11 bits per heavy atom. The van der Waals surface area contributed by atoms with Crippen molar-refractivity contribution < 1.29 is 9.90 Å². The van der Waals surface area contributed by atoms with Gasteiger partial charge in [0.2, 0.25) is 0 Å². The molecule has 0 saturated heterocycles. The standard InChI is InChI=1S/C24H34N2O2/c1-15-9-11-20(12-10-15)14-26-18(4)21(23(19(26)5)24(27)28)13-25-22-8-6-7-16(2)17(22)3/h9-12,16-17,22,25H,6-8,13-14H2,1-5H3,(H,27,28)/t16-,17-,22+/m0/s1. The van der Waals surface area contributed by atoms with E-state index in [0.29, 0.717) is 30.6 Å². The molecule has 28 heavy (non-hydrogen) atoms. The highest BCUT2D eigenvalue weighted by Gasteiger charge is 2.28. The first-order chi connectivity index (χ1) is 13.3. The fourth-order valence-electron chi connectivity index (χ4n) is 4.67. The maximum absolute atomic E-state index is 12.0. The highest BCUT2D eigenvalue weighted by Crippen LogP contribution is 2.30. The average molecular weight is 383 g/mol. The van der Waals surface area contributed by atoms with Crippen molar-refractivity contribution in [1.82, 2.24) is 9.88 Å². The van der Waals surface area contributed by atoms with E-state index in [1.807, 2.05) is 6.92 Å². The van der Waals surface area contributed by atoms with Crippen molar-refractivity contribution in [3.63, 3.8) is 0 Å². The summed E-state index contributed by atoms with van der Waals surface area (Å²) in [6, 6.07) is 8.92. The van der Waals surface area contributed by atoms with Crippen LogP contribution in [-0.4, -0.2) is 21.7 Å². The van der Waals surface area contributed by atoms with Crippen molar-refractivity contribution in [1.29, 1.82) is 0 Å². The predicted molar refractivity (Wildman–Crippen MR) is 114 cm³/mol. The van der Waals surface area contributed by atoms with Gasteiger partial charge >= 0.3 is 5.97 Å². The number of nitrogens with zero attached hydrogens (tertiary/aromatic N) is 1. The van der Waals surface area contributed by atoms with E-state index < -0.39 is 5.97 Å². The van der Waals surface area contributed by atoms with Crippen molar-refractivity contribution in [2.24, 2.45) is 11.8 Å². The zero-order chi connectivity index (χ0) is 20.4. The molecule has 1 aromatic carbocycles. The number of aromatic nitrogens is 1. The Bertz CT molecular complexity index is 835. The molecule has 4 heteroatoms. The third-order valence-corrected chi connectivity index (χ3v) is 6.83. The monoisotopic (exact) mass is 382 g/mol. The first kappa shape index (κ1) is 20.7. The van der Waals surface area contributed by atoms with Crippen LogP contribution < -0.4 is 5.32 Å². The van der Waals surface area contributed by atoms with Crippen LogP contribution in [0.5, 0.6) is 0 Å². The molecule has 1 heterocycles. The molecule has 4 nitrogen and oxygen atoms in total. The van der Waals surface area contributed by atoms with E-state index >= 15 is 0 Å². The Morgan fingerprint density at radius 2 is 1.79 bits per heavy atom. The smallest absolute Gasteiger partial charge is 0.337 e. The molecule has 1 aliphatic rings. The second kappa shape index (κ2) is 8.52. The van der Waals surface area contributed by atoms with Crippen LogP contribution in [0.25, 0.3) is 0 Å². The molecule has 3 rings (SSSR count). The van der Waals surface area contributed by atoms with E-state index in [1.54, 1.807) is 0 Å². The van der Waals surface area contributed by atoms with Gasteiger partial charge in [-0.25, -0.2) is 4.79 Å². The minimum atomic E-state index is -0.829. The molecule has 1 aliphatic carbocycles. The fraction of sp³-hybridized carbons (Fsp3) is 0.542. The Kier molecular flexibility index (Phi) is 6.29. The minimum Gasteiger partial charge on any atom is -0.478 e. The van der Waals surface area contributed by atoms with Gasteiger partial charge in [0.15, 0.2) is 0 Å². The zero-order valence-electron chi connectivity index (χ0n) is 17.9. The molecule has 2 N–H and O–H groups in total. The van der Waals surface area contributed by atoms with Crippen LogP contribution in [0.15, 0.2) is 24.3 Å². The molecular weight excluding hydrogens is 348 g/mol. The summed E-state index contributed by atoms with van der Waals surface area (Å²) < 4.78 is 2.15. The van der Waals surface area contributed by atoms with Crippen LogP contribution in [0, 0.1) is 32.6 Å². The number of carboxylic acid groups (broad SMARTS) is 1. The van der Waals surface area contributed by atoms with Crippen molar-refractivity contribution in [3.8, 4) is 0 Å². The number of hydrogen-bond donors (Lipinski definition) is 2. The summed E-state index contributed by atoms with van der Waals surface area (Å²) in [5.41, 5.74) is 5.72. The molecule has 1 saturated carbocycles. The summed E-state index contributed by atoms with van der Waals surface area (Å²) >= 11 is 0. The van der Waals surface area contributed by atoms with Gasteiger partial charge in [-0.1, -0.05) is 56.5 Å². The summed E-state index contributed by atoms with van der Waals surface area (Å²) in [7, 11) is 0. The quantitative estimate of drug-likeness (QED) is 0.733. The van der Waals surface area contributed by atoms with Crippen LogP contribution in [0.1, 0.15) is 71.5 Å². The summed E-state index contributed by atoms with van der Waals surface area (Å²) in [6.45, 7) is 12.0. The van der Waals surface area contributed by atoms with E-state index in [0.717, 1.165) is 22.9 Å². The molecule has 0 spiro atoms. The summed E-state index contributed by atoms with van der Waals surface area (Å²) in [5, 5.41) is 13.6. The van der Waals surface area contributed by atoms with Crippen LogP contribution in [-0.2, 0) is 13.1 Å². The lowest BCUT2D eigenvalue weighted by atomic mass is 9.78. The maximum atomic E-state index is 12.0. The largest absolute Gasteiger partial charge is 0.478 e. The first-order valence-corrected chi connectivity index (χ1v) is 10.5. The summed E-state index contributed by atoms with van der Waals surface area (Å²) in [5.74, 6) is 0.516. The van der Waals surface area contributed by atoms with Gasteiger partial charge in [0.05, 0.1) is 5.56 Å². The Morgan fingerprint density at radius 3 is 2.43 bits per heavy atom. The number of aryl methyl sites for hydroxylation is 1. The van der Waals surface area contributed by atoms with E-state index in [4.69, 9.17) is 0 Å². The van der Waals surface area contributed by atoms with Crippen molar-refractivity contribution in [3.05, 3.63) is 57.9 Å². The normalized spacial score (nSPS) is 22.4. The Hall–Kier alpha value is -2.07. The number of carbonyl (C=O) groups is 1. The van der Waals surface area contributed by atoms with Gasteiger partial charge in [-0.15, -0.1) is 0 Å². The second-order valence-electron chi connectivity index (χ2n) is 8.66. The molecule has 0 radical (unpaired) electrons. The molecule has 0 aliphatic heterocycles. The highest BCUT2D eigenvalue weighted by atomic mass is 16.4. The lowest BCUT2D eigenvalue weighted by Gasteiger charge is -2.34. The molecule has 2 aromatic rings. The van der Waals surface area contributed by atoms with E-state index in [2.05, 4.69) is 61.8 Å². The van der Waals surface area contributed by atoms with Crippen LogP contribution in [0.3, 0.4) is 0 Å². The van der Waals surface area contributed by atoms with Gasteiger partial charge in [0.1, 0.15) is 0 Å². The number of nitrogens with one attached hydrogen (secondary N) is 1. The van der Waals surface area contributed by atoms with Gasteiger partial charge in [0, 0.05) is 36.1 Å². The average Bonchev–Trinajstić information content (AvgIpc) is 2.89. The van der Waals surface area contributed by atoms with E-state index in [-0.39, 0.29) is 0 Å². The number of hydrogen-bond acceptors (Lipinski definition) is 2. The molecule has 152 valence electrons. The van der Waals surface area contributed by atoms with Crippen molar-refractivity contribution in [2.75, 3.05) is 0 Å². The van der Waals surface area contributed by atoms with Crippen LogP contribution in [0.2, 0.25) is 0 Å². The first-order valence-electron chi connectivity index (χ1n) is 10.5. The third kappa shape index (κ3) is 4.17. The van der Waals surface area contributed by atoms with Gasteiger partial charge in [-0.05, 0) is 44.6 Å². The molecule has 0 amide bonds. The van der Waals surface area contributed by atoms with Gasteiger partial charge < -0.3 is 15.0 Å². The van der Waals surface area contributed by atoms with E-state index in [9.17, 15) is 9.90 Å². The minimum absolute atomic E-state index is 0.463. The summed E-state index contributed by atoms with van der Waals surface area (Å²) in [4.78, 5) is 12.0. The van der Waals surface area contributed by atoms with Gasteiger partial charge in [-0.2, -0.15) is 0 Å². The molecule has 0 unspecified atom stereocenters. The fourth-order valence-corrected chi connectivity index (χ4v) is 4.67. The Labute approximate surface area is 169 Å². The van der Waals surface area contributed by atoms with Gasteiger partial charge in [-0.3, -0.25) is 0 Å². The predicted octanol–water partition coefficient (Wildman–Crippen LogP) is 5.07. The lowest BCUT2D eigenvalue weighted by molar-refractivity contribution is 0.0694. The third-order valence-electron chi connectivity index (χ3n) is 6.83. The number of aromatic carboxylic acids is 1. The van der Waals surface area contributed by atoms with Gasteiger partial charge in [0.25, 0.3) is 0 Å². The Balaban J connectivity index is 1.85.